The van der Waals surface area contributed by atoms with Crippen LogP contribution in [0.25, 0.3) is 0 Å². The lowest BCUT2D eigenvalue weighted by Crippen LogP contribution is -2.42. The molecule has 3 aliphatic rings. The first kappa shape index (κ1) is 15.4. The summed E-state index contributed by atoms with van der Waals surface area (Å²) in [7, 11) is 1.69. The monoisotopic (exact) mass is 319 g/mol. The highest BCUT2D eigenvalue weighted by molar-refractivity contribution is 5.27. The average molecular weight is 319 g/mol. The number of nitrogens with zero attached hydrogens (tertiary/aromatic N) is 1. The summed E-state index contributed by atoms with van der Waals surface area (Å²) in [6, 6.07) is 8.52. The standard InChI is InChI=1S/C18H25NO4/c1-12-10-18(21-8-9-22-18)16-13(2)23-19(17(12)16)11-14-4-6-15(20-3)7-5-14/h4-7,12-13,16-17H,8-11H2,1-3H3/t12-,13+,16+,17+/m0/s1. The number of hydroxylamine groups is 2. The Morgan fingerprint density at radius 2 is 1.87 bits per heavy atom. The summed E-state index contributed by atoms with van der Waals surface area (Å²) in [5.41, 5.74) is 1.22. The molecular weight excluding hydrogens is 294 g/mol. The van der Waals surface area contributed by atoms with Gasteiger partial charge in [-0.25, -0.2) is 0 Å². The predicted molar refractivity (Wildman–Crippen MR) is 84.8 cm³/mol. The Hall–Kier alpha value is -1.14. The van der Waals surface area contributed by atoms with E-state index in [2.05, 4.69) is 31.0 Å². The number of ether oxygens (including phenoxy) is 3. The van der Waals surface area contributed by atoms with Crippen molar-refractivity contribution >= 4 is 0 Å². The van der Waals surface area contributed by atoms with Gasteiger partial charge >= 0.3 is 0 Å². The Kier molecular flexibility index (Phi) is 3.84. The van der Waals surface area contributed by atoms with Crippen LogP contribution in [0.2, 0.25) is 0 Å². The van der Waals surface area contributed by atoms with Gasteiger partial charge in [0.25, 0.3) is 0 Å². The summed E-state index contributed by atoms with van der Waals surface area (Å²) in [5.74, 6) is 1.21. The first-order valence-corrected chi connectivity index (χ1v) is 8.47. The van der Waals surface area contributed by atoms with Crippen LogP contribution in [0.1, 0.15) is 25.8 Å². The van der Waals surface area contributed by atoms with Crippen LogP contribution in [0.4, 0.5) is 0 Å². The molecule has 1 aromatic carbocycles. The molecule has 1 aliphatic carbocycles. The highest BCUT2D eigenvalue weighted by Gasteiger charge is 2.63. The molecule has 2 heterocycles. The molecule has 5 heteroatoms. The number of benzene rings is 1. The highest BCUT2D eigenvalue weighted by Crippen LogP contribution is 2.53. The zero-order valence-electron chi connectivity index (χ0n) is 14.0. The van der Waals surface area contributed by atoms with Crippen LogP contribution in [0.15, 0.2) is 24.3 Å². The van der Waals surface area contributed by atoms with Gasteiger partial charge in [-0.2, -0.15) is 5.06 Å². The van der Waals surface area contributed by atoms with E-state index in [0.717, 1.165) is 18.7 Å². The summed E-state index contributed by atoms with van der Waals surface area (Å²) in [6.07, 6.45) is 1.07. The van der Waals surface area contributed by atoms with Gasteiger partial charge in [-0.1, -0.05) is 19.1 Å². The lowest BCUT2D eigenvalue weighted by atomic mass is 9.92. The van der Waals surface area contributed by atoms with Gasteiger partial charge in [-0.15, -0.1) is 0 Å². The van der Waals surface area contributed by atoms with Crippen molar-refractivity contribution in [2.75, 3.05) is 20.3 Å². The second-order valence-corrected chi connectivity index (χ2v) is 6.94. The predicted octanol–water partition coefficient (Wildman–Crippen LogP) is 2.60. The second kappa shape index (κ2) is 5.74. The van der Waals surface area contributed by atoms with Gasteiger partial charge in [0.1, 0.15) is 5.75 Å². The van der Waals surface area contributed by atoms with E-state index in [1.54, 1.807) is 7.11 Å². The van der Waals surface area contributed by atoms with Crippen molar-refractivity contribution in [2.24, 2.45) is 11.8 Å². The summed E-state index contributed by atoms with van der Waals surface area (Å²) >= 11 is 0. The minimum atomic E-state index is -0.432. The zero-order valence-corrected chi connectivity index (χ0v) is 14.0. The van der Waals surface area contributed by atoms with Crippen molar-refractivity contribution in [3.05, 3.63) is 29.8 Å². The van der Waals surface area contributed by atoms with Gasteiger partial charge in [-0.05, 0) is 30.5 Å². The van der Waals surface area contributed by atoms with E-state index >= 15 is 0 Å². The van der Waals surface area contributed by atoms with Crippen LogP contribution >= 0.6 is 0 Å². The molecule has 2 aliphatic heterocycles. The van der Waals surface area contributed by atoms with Gasteiger partial charge in [0.2, 0.25) is 0 Å². The summed E-state index contributed by atoms with van der Waals surface area (Å²) in [4.78, 5) is 6.19. The quantitative estimate of drug-likeness (QED) is 0.856. The highest BCUT2D eigenvalue weighted by atomic mass is 16.8. The Balaban J connectivity index is 1.54. The van der Waals surface area contributed by atoms with Crippen molar-refractivity contribution in [3.63, 3.8) is 0 Å². The summed E-state index contributed by atoms with van der Waals surface area (Å²) in [5, 5.41) is 2.14. The van der Waals surface area contributed by atoms with E-state index in [0.29, 0.717) is 25.2 Å². The molecular formula is C18H25NO4. The zero-order chi connectivity index (χ0) is 16.0. The van der Waals surface area contributed by atoms with Gasteiger partial charge < -0.3 is 14.2 Å². The summed E-state index contributed by atoms with van der Waals surface area (Å²) < 4.78 is 17.3. The third kappa shape index (κ3) is 2.47. The minimum Gasteiger partial charge on any atom is -0.497 e. The average Bonchev–Trinajstić information content (AvgIpc) is 3.21. The maximum atomic E-state index is 6.19. The number of fused-ring (bicyclic) bond motifs is 2. The van der Waals surface area contributed by atoms with Crippen molar-refractivity contribution < 1.29 is 19.0 Å². The third-order valence-corrected chi connectivity index (χ3v) is 5.48. The van der Waals surface area contributed by atoms with E-state index in [4.69, 9.17) is 19.0 Å². The van der Waals surface area contributed by atoms with Gasteiger partial charge in [0.05, 0.1) is 32.3 Å². The van der Waals surface area contributed by atoms with Gasteiger partial charge in [0, 0.05) is 19.0 Å². The van der Waals surface area contributed by atoms with Crippen LogP contribution < -0.4 is 4.74 Å². The van der Waals surface area contributed by atoms with Crippen molar-refractivity contribution in [3.8, 4) is 5.75 Å². The van der Waals surface area contributed by atoms with E-state index in [1.165, 1.54) is 5.56 Å². The molecule has 0 unspecified atom stereocenters. The molecule has 5 nitrogen and oxygen atoms in total. The maximum Gasteiger partial charge on any atom is 0.175 e. The molecule has 0 radical (unpaired) electrons. The second-order valence-electron chi connectivity index (χ2n) is 6.94. The first-order chi connectivity index (χ1) is 11.1. The molecule has 1 saturated carbocycles. The Morgan fingerprint density at radius 1 is 1.17 bits per heavy atom. The molecule has 1 aromatic rings. The fraction of sp³-hybridized carbons (Fsp3) is 0.667. The molecule has 126 valence electrons. The van der Waals surface area contributed by atoms with E-state index in [9.17, 15) is 0 Å². The minimum absolute atomic E-state index is 0.112. The van der Waals surface area contributed by atoms with Gasteiger partial charge in [-0.3, -0.25) is 4.84 Å². The van der Waals surface area contributed by atoms with Crippen LogP contribution in [0.3, 0.4) is 0 Å². The lowest BCUT2D eigenvalue weighted by Gasteiger charge is -2.29. The SMILES string of the molecule is COc1ccc(CN2O[C@H](C)[C@@H]3[C@H]2[C@@H](C)CC32OCCO2)cc1. The molecule has 4 atom stereocenters. The van der Waals surface area contributed by atoms with Crippen LogP contribution in [0.5, 0.6) is 5.75 Å². The molecule has 4 rings (SSSR count). The molecule has 0 aromatic heterocycles. The number of rotatable bonds is 3. The van der Waals surface area contributed by atoms with E-state index in [-0.39, 0.29) is 12.0 Å². The first-order valence-electron chi connectivity index (χ1n) is 8.47. The van der Waals surface area contributed by atoms with Crippen molar-refractivity contribution in [1.29, 1.82) is 0 Å². The number of hydrogen-bond donors (Lipinski definition) is 0. The third-order valence-electron chi connectivity index (χ3n) is 5.48. The van der Waals surface area contributed by atoms with Gasteiger partial charge in [0.15, 0.2) is 5.79 Å². The lowest BCUT2D eigenvalue weighted by molar-refractivity contribution is -0.210. The Bertz CT molecular complexity index is 555. The van der Waals surface area contributed by atoms with Crippen LogP contribution in [-0.2, 0) is 20.9 Å². The largest absolute Gasteiger partial charge is 0.497 e. The number of methoxy groups -OCH3 is 1. The Morgan fingerprint density at radius 3 is 2.52 bits per heavy atom. The smallest absolute Gasteiger partial charge is 0.175 e. The van der Waals surface area contributed by atoms with Crippen LogP contribution in [-0.4, -0.2) is 43.3 Å². The van der Waals surface area contributed by atoms with Crippen molar-refractivity contribution in [2.45, 2.75) is 44.7 Å². The normalized spacial score (nSPS) is 35.8. The molecule has 1 spiro atoms. The molecule has 0 bridgehead atoms. The fourth-order valence-electron chi connectivity index (χ4n) is 4.60. The summed E-state index contributed by atoms with van der Waals surface area (Å²) in [6.45, 7) is 6.58. The van der Waals surface area contributed by atoms with Crippen LogP contribution in [0, 0.1) is 11.8 Å². The molecule has 0 amide bonds. The Labute approximate surface area is 137 Å². The molecule has 3 fully saturated rings. The maximum absolute atomic E-state index is 6.19. The number of hydrogen-bond acceptors (Lipinski definition) is 5. The molecule has 23 heavy (non-hydrogen) atoms. The fourth-order valence-corrected chi connectivity index (χ4v) is 4.60. The van der Waals surface area contributed by atoms with E-state index < -0.39 is 5.79 Å². The topological polar surface area (TPSA) is 40.2 Å². The van der Waals surface area contributed by atoms with Crippen molar-refractivity contribution in [1.82, 2.24) is 5.06 Å². The molecule has 0 N–H and O–H groups in total. The van der Waals surface area contributed by atoms with E-state index in [1.807, 2.05) is 12.1 Å². The molecule has 2 saturated heterocycles.